The van der Waals surface area contributed by atoms with Crippen molar-refractivity contribution in [2.45, 2.75) is 37.6 Å². The van der Waals surface area contributed by atoms with Crippen molar-refractivity contribution in [3.63, 3.8) is 0 Å². The Bertz CT molecular complexity index is 425. The molecule has 0 spiro atoms. The van der Waals surface area contributed by atoms with E-state index in [2.05, 4.69) is 15.2 Å². The summed E-state index contributed by atoms with van der Waals surface area (Å²) >= 11 is 0. The minimum Gasteiger partial charge on any atom is -0.334 e. The molecule has 0 aromatic carbocycles. The molecule has 1 saturated heterocycles. The number of hydrogen-bond acceptors (Lipinski definition) is 4. The van der Waals surface area contributed by atoms with Gasteiger partial charge in [-0.2, -0.15) is 0 Å². The van der Waals surface area contributed by atoms with E-state index in [1.54, 1.807) is 4.90 Å². The van der Waals surface area contributed by atoms with Crippen LogP contribution >= 0.6 is 0 Å². The summed E-state index contributed by atoms with van der Waals surface area (Å²) in [7, 11) is 0. The Hall–Kier alpha value is -1.43. The Morgan fingerprint density at radius 2 is 2.24 bits per heavy atom. The molecule has 1 amide bonds. The second-order valence-electron chi connectivity index (χ2n) is 4.97. The number of aromatic amines is 1. The van der Waals surface area contributed by atoms with Gasteiger partial charge in [-0.3, -0.25) is 9.89 Å². The average Bonchev–Trinajstić information content (AvgIpc) is 3.07. The highest BCUT2D eigenvalue weighted by atomic mass is 16.2. The summed E-state index contributed by atoms with van der Waals surface area (Å²) in [5, 5.41) is 6.87. The van der Waals surface area contributed by atoms with E-state index >= 15 is 0 Å². The first-order chi connectivity index (χ1) is 8.24. The van der Waals surface area contributed by atoms with Crippen LogP contribution in [0.1, 0.15) is 48.0 Å². The van der Waals surface area contributed by atoms with Gasteiger partial charge in [0.05, 0.1) is 0 Å². The summed E-state index contributed by atoms with van der Waals surface area (Å²) in [4.78, 5) is 18.2. The number of nitrogens with two attached hydrogens (primary N) is 1. The highest BCUT2D eigenvalue weighted by Gasteiger charge is 2.30. The molecule has 17 heavy (non-hydrogen) atoms. The van der Waals surface area contributed by atoms with E-state index in [9.17, 15) is 4.79 Å². The minimum absolute atomic E-state index is 0.0922. The zero-order valence-electron chi connectivity index (χ0n) is 9.72. The van der Waals surface area contributed by atoms with Crippen molar-refractivity contribution in [3.8, 4) is 0 Å². The molecule has 0 radical (unpaired) electrons. The van der Waals surface area contributed by atoms with Crippen LogP contribution in [0.3, 0.4) is 0 Å². The molecule has 1 saturated carbocycles. The molecule has 2 fully saturated rings. The van der Waals surface area contributed by atoms with Gasteiger partial charge in [0.1, 0.15) is 5.82 Å². The monoisotopic (exact) mass is 235 g/mol. The third-order valence-corrected chi connectivity index (χ3v) is 3.40. The van der Waals surface area contributed by atoms with Crippen molar-refractivity contribution < 1.29 is 4.79 Å². The maximum atomic E-state index is 12.1. The van der Waals surface area contributed by atoms with Gasteiger partial charge in [0.2, 0.25) is 5.82 Å². The summed E-state index contributed by atoms with van der Waals surface area (Å²) < 4.78 is 0. The van der Waals surface area contributed by atoms with Crippen molar-refractivity contribution in [2.24, 2.45) is 5.73 Å². The Balaban J connectivity index is 1.71. The molecule has 1 atom stereocenters. The van der Waals surface area contributed by atoms with Crippen LogP contribution in [0.5, 0.6) is 0 Å². The smallest absolute Gasteiger partial charge is 0.293 e. The highest BCUT2D eigenvalue weighted by molar-refractivity contribution is 5.90. The molecule has 0 bridgehead atoms. The Morgan fingerprint density at radius 3 is 2.94 bits per heavy atom. The van der Waals surface area contributed by atoms with Gasteiger partial charge in [-0.25, -0.2) is 4.98 Å². The van der Waals surface area contributed by atoms with Crippen molar-refractivity contribution in [3.05, 3.63) is 11.6 Å². The average molecular weight is 235 g/mol. The van der Waals surface area contributed by atoms with Gasteiger partial charge >= 0.3 is 0 Å². The molecular formula is C11H17N5O. The van der Waals surface area contributed by atoms with E-state index in [0.717, 1.165) is 38.1 Å². The number of rotatable bonds is 2. The van der Waals surface area contributed by atoms with Crippen LogP contribution < -0.4 is 5.73 Å². The third kappa shape index (κ3) is 2.17. The first-order valence-corrected chi connectivity index (χ1v) is 6.21. The molecule has 1 aliphatic carbocycles. The Kier molecular flexibility index (Phi) is 2.58. The van der Waals surface area contributed by atoms with Gasteiger partial charge in [0.15, 0.2) is 0 Å². The van der Waals surface area contributed by atoms with Crippen LogP contribution in [0.2, 0.25) is 0 Å². The zero-order valence-corrected chi connectivity index (χ0v) is 9.72. The standard InChI is InChI=1S/C11H17N5O/c12-8-2-1-5-16(6-8)11(17)10-13-9(14-15-10)7-3-4-7/h7-8H,1-6,12H2,(H,13,14,15)/t8-/m1/s1. The van der Waals surface area contributed by atoms with Crippen LogP contribution in [-0.4, -0.2) is 45.1 Å². The van der Waals surface area contributed by atoms with Crippen LogP contribution in [0.15, 0.2) is 0 Å². The second kappa shape index (κ2) is 4.10. The Morgan fingerprint density at radius 1 is 1.41 bits per heavy atom. The fraction of sp³-hybridized carbons (Fsp3) is 0.727. The number of aromatic nitrogens is 3. The van der Waals surface area contributed by atoms with Gasteiger partial charge in [-0.15, -0.1) is 5.10 Å². The molecule has 3 N–H and O–H groups in total. The SMILES string of the molecule is N[C@@H]1CCCN(C(=O)c2n[nH]c(C3CC3)n2)C1. The first-order valence-electron chi connectivity index (χ1n) is 6.21. The van der Waals surface area contributed by atoms with E-state index in [0.29, 0.717) is 18.3 Å². The van der Waals surface area contributed by atoms with Crippen molar-refractivity contribution in [1.82, 2.24) is 20.1 Å². The lowest BCUT2D eigenvalue weighted by Crippen LogP contribution is -2.46. The summed E-state index contributed by atoms with van der Waals surface area (Å²) in [6, 6.07) is 0.0922. The fourth-order valence-electron chi connectivity index (χ4n) is 2.25. The molecule has 92 valence electrons. The van der Waals surface area contributed by atoms with Gasteiger partial charge in [0.25, 0.3) is 5.91 Å². The van der Waals surface area contributed by atoms with Gasteiger partial charge in [0, 0.05) is 25.0 Å². The number of carbonyl (C=O) groups excluding carboxylic acids is 1. The molecule has 2 heterocycles. The van der Waals surface area contributed by atoms with Crippen molar-refractivity contribution in [2.75, 3.05) is 13.1 Å². The number of likely N-dealkylation sites (tertiary alicyclic amines) is 1. The zero-order chi connectivity index (χ0) is 11.8. The van der Waals surface area contributed by atoms with Crippen LogP contribution in [0.25, 0.3) is 0 Å². The van der Waals surface area contributed by atoms with Crippen LogP contribution in [-0.2, 0) is 0 Å². The molecule has 1 aromatic heterocycles. The van der Waals surface area contributed by atoms with E-state index in [-0.39, 0.29) is 11.9 Å². The van der Waals surface area contributed by atoms with Gasteiger partial charge in [-0.05, 0) is 25.7 Å². The molecular weight excluding hydrogens is 218 g/mol. The number of piperidine rings is 1. The van der Waals surface area contributed by atoms with Gasteiger partial charge < -0.3 is 10.6 Å². The first kappa shape index (κ1) is 10.7. The number of amides is 1. The van der Waals surface area contributed by atoms with Crippen molar-refractivity contribution in [1.29, 1.82) is 0 Å². The van der Waals surface area contributed by atoms with E-state index in [1.807, 2.05) is 0 Å². The molecule has 3 rings (SSSR count). The summed E-state index contributed by atoms with van der Waals surface area (Å²) in [5.41, 5.74) is 5.86. The predicted octanol–water partition coefficient (Wildman–Crippen LogP) is 0.245. The summed E-state index contributed by atoms with van der Waals surface area (Å²) in [6.45, 7) is 1.38. The maximum Gasteiger partial charge on any atom is 0.293 e. The number of nitrogens with one attached hydrogen (secondary N) is 1. The number of nitrogens with zero attached hydrogens (tertiary/aromatic N) is 3. The maximum absolute atomic E-state index is 12.1. The molecule has 1 aromatic rings. The molecule has 6 heteroatoms. The van der Waals surface area contributed by atoms with Crippen LogP contribution in [0, 0.1) is 0 Å². The summed E-state index contributed by atoms with van der Waals surface area (Å²) in [6.07, 6.45) is 4.26. The molecule has 2 aliphatic rings. The fourth-order valence-corrected chi connectivity index (χ4v) is 2.25. The molecule has 1 aliphatic heterocycles. The van der Waals surface area contributed by atoms with E-state index in [4.69, 9.17) is 5.73 Å². The topological polar surface area (TPSA) is 87.9 Å². The third-order valence-electron chi connectivity index (χ3n) is 3.40. The van der Waals surface area contributed by atoms with Crippen molar-refractivity contribution >= 4 is 5.91 Å². The lowest BCUT2D eigenvalue weighted by Gasteiger charge is -2.29. The largest absolute Gasteiger partial charge is 0.334 e. The summed E-state index contributed by atoms with van der Waals surface area (Å²) in [5.74, 6) is 1.55. The molecule has 6 nitrogen and oxygen atoms in total. The minimum atomic E-state index is -0.0942. The van der Waals surface area contributed by atoms with Gasteiger partial charge in [-0.1, -0.05) is 0 Å². The normalized spacial score (nSPS) is 25.0. The Labute approximate surface area is 99.6 Å². The molecule has 0 unspecified atom stereocenters. The quantitative estimate of drug-likeness (QED) is 0.769. The van der Waals surface area contributed by atoms with Crippen LogP contribution in [0.4, 0.5) is 0 Å². The number of carbonyl (C=O) groups is 1. The van der Waals surface area contributed by atoms with E-state index in [1.165, 1.54) is 0 Å². The lowest BCUT2D eigenvalue weighted by atomic mass is 10.1. The van der Waals surface area contributed by atoms with E-state index < -0.39 is 0 Å². The lowest BCUT2D eigenvalue weighted by molar-refractivity contribution is 0.0697. The predicted molar refractivity (Wildman–Crippen MR) is 61.5 cm³/mol. The second-order valence-corrected chi connectivity index (χ2v) is 4.97. The highest BCUT2D eigenvalue weighted by Crippen LogP contribution is 2.37. The number of hydrogen-bond donors (Lipinski definition) is 2. The number of H-pyrrole nitrogens is 1.